The average molecular weight is 164 g/mol. The van der Waals surface area contributed by atoms with Gasteiger partial charge >= 0.3 is 5.43 Å². The molecule has 0 aromatic carbocycles. The van der Waals surface area contributed by atoms with Gasteiger partial charge in [0.25, 0.3) is 0 Å². The highest BCUT2D eigenvalue weighted by Gasteiger charge is 2.14. The van der Waals surface area contributed by atoms with Gasteiger partial charge in [-0.05, 0) is 19.4 Å². The molecule has 0 bridgehead atoms. The van der Waals surface area contributed by atoms with E-state index in [2.05, 4.69) is 10.1 Å². The SMILES string of the molecule is O=C(Cl)OC[C@H]1CCCN1. The molecule has 0 saturated carbocycles. The van der Waals surface area contributed by atoms with Crippen molar-refractivity contribution in [1.82, 2.24) is 5.32 Å². The van der Waals surface area contributed by atoms with Crippen molar-refractivity contribution in [3.05, 3.63) is 0 Å². The molecule has 1 N–H and O–H groups in total. The van der Waals surface area contributed by atoms with Crippen LogP contribution < -0.4 is 5.32 Å². The van der Waals surface area contributed by atoms with Gasteiger partial charge in [-0.15, -0.1) is 0 Å². The maximum atomic E-state index is 10.1. The van der Waals surface area contributed by atoms with Crippen LogP contribution in [0.15, 0.2) is 0 Å². The van der Waals surface area contributed by atoms with E-state index in [4.69, 9.17) is 11.6 Å². The van der Waals surface area contributed by atoms with Crippen LogP contribution in [0.1, 0.15) is 12.8 Å². The van der Waals surface area contributed by atoms with Crippen molar-refractivity contribution in [2.75, 3.05) is 13.2 Å². The van der Waals surface area contributed by atoms with E-state index in [0.29, 0.717) is 12.6 Å². The first-order valence-electron chi connectivity index (χ1n) is 3.34. The summed E-state index contributed by atoms with van der Waals surface area (Å²) in [6.45, 7) is 1.42. The molecule has 1 rings (SSSR count). The summed E-state index contributed by atoms with van der Waals surface area (Å²) in [5, 5.41) is 3.18. The van der Waals surface area contributed by atoms with Crippen molar-refractivity contribution in [3.63, 3.8) is 0 Å². The zero-order chi connectivity index (χ0) is 7.40. The Balaban J connectivity index is 2.07. The minimum Gasteiger partial charge on any atom is -0.452 e. The molecule has 3 nitrogen and oxygen atoms in total. The van der Waals surface area contributed by atoms with Crippen LogP contribution >= 0.6 is 11.6 Å². The molecule has 0 spiro atoms. The van der Waals surface area contributed by atoms with Gasteiger partial charge in [-0.1, -0.05) is 0 Å². The van der Waals surface area contributed by atoms with Crippen LogP contribution in [0.3, 0.4) is 0 Å². The van der Waals surface area contributed by atoms with Gasteiger partial charge in [0.1, 0.15) is 6.61 Å². The van der Waals surface area contributed by atoms with Crippen molar-refractivity contribution in [2.45, 2.75) is 18.9 Å². The summed E-state index contributed by atoms with van der Waals surface area (Å²) in [5.41, 5.74) is -0.714. The Bertz CT molecular complexity index is 123. The molecule has 10 heavy (non-hydrogen) atoms. The summed E-state index contributed by atoms with van der Waals surface area (Å²) in [6, 6.07) is 0.322. The quantitative estimate of drug-likeness (QED) is 0.620. The van der Waals surface area contributed by atoms with E-state index in [0.717, 1.165) is 19.4 Å². The number of carbonyl (C=O) groups excluding carboxylic acids is 1. The second kappa shape index (κ2) is 3.78. The van der Waals surface area contributed by atoms with E-state index in [9.17, 15) is 4.79 Å². The summed E-state index contributed by atoms with van der Waals surface area (Å²) in [7, 11) is 0. The molecule has 0 aromatic heterocycles. The van der Waals surface area contributed by atoms with Crippen molar-refractivity contribution in [2.24, 2.45) is 0 Å². The number of nitrogens with one attached hydrogen (secondary N) is 1. The molecule has 1 aliphatic heterocycles. The van der Waals surface area contributed by atoms with E-state index < -0.39 is 5.43 Å². The summed E-state index contributed by atoms with van der Waals surface area (Å²) < 4.78 is 4.59. The molecule has 4 heteroatoms. The van der Waals surface area contributed by atoms with Crippen LogP contribution in [0.25, 0.3) is 0 Å². The Labute approximate surface area is 64.7 Å². The van der Waals surface area contributed by atoms with E-state index in [1.54, 1.807) is 0 Å². The van der Waals surface area contributed by atoms with E-state index >= 15 is 0 Å². The predicted molar refractivity (Wildman–Crippen MR) is 38.2 cm³/mol. The van der Waals surface area contributed by atoms with Gasteiger partial charge in [0.15, 0.2) is 0 Å². The van der Waals surface area contributed by atoms with Crippen LogP contribution in [0, 0.1) is 0 Å². The molecule has 1 fully saturated rings. The highest BCUT2D eigenvalue weighted by molar-refractivity contribution is 6.61. The van der Waals surface area contributed by atoms with E-state index in [-0.39, 0.29) is 0 Å². The number of hydrogen-bond acceptors (Lipinski definition) is 3. The van der Waals surface area contributed by atoms with Crippen LogP contribution in [0.4, 0.5) is 4.79 Å². The lowest BCUT2D eigenvalue weighted by Gasteiger charge is -2.07. The summed E-state index contributed by atoms with van der Waals surface area (Å²) >= 11 is 4.97. The molecule has 1 saturated heterocycles. The van der Waals surface area contributed by atoms with Gasteiger partial charge in [0, 0.05) is 17.6 Å². The second-order valence-electron chi connectivity index (χ2n) is 2.34. The predicted octanol–water partition coefficient (Wildman–Crippen LogP) is 1.11. The van der Waals surface area contributed by atoms with Crippen LogP contribution in [-0.2, 0) is 4.74 Å². The molecule has 0 aliphatic carbocycles. The molecule has 1 aliphatic rings. The molecule has 58 valence electrons. The summed E-state index contributed by atoms with van der Waals surface area (Å²) in [4.78, 5) is 10.1. The topological polar surface area (TPSA) is 38.3 Å². The fraction of sp³-hybridized carbons (Fsp3) is 0.833. The monoisotopic (exact) mass is 163 g/mol. The molecular weight excluding hydrogens is 154 g/mol. The Morgan fingerprint density at radius 1 is 1.80 bits per heavy atom. The normalized spacial score (nSPS) is 24.7. The number of carbonyl (C=O) groups is 1. The molecule has 0 radical (unpaired) electrons. The maximum absolute atomic E-state index is 10.1. The van der Waals surface area contributed by atoms with E-state index in [1.807, 2.05) is 0 Å². The van der Waals surface area contributed by atoms with Crippen LogP contribution in [0.5, 0.6) is 0 Å². The average Bonchev–Trinajstić information content (AvgIpc) is 2.34. The zero-order valence-electron chi connectivity index (χ0n) is 5.60. The number of ether oxygens (including phenoxy) is 1. The van der Waals surface area contributed by atoms with E-state index in [1.165, 1.54) is 0 Å². The highest BCUT2D eigenvalue weighted by atomic mass is 35.5. The van der Waals surface area contributed by atoms with Crippen LogP contribution in [0.2, 0.25) is 0 Å². The molecule has 1 atom stereocenters. The zero-order valence-corrected chi connectivity index (χ0v) is 6.36. The highest BCUT2D eigenvalue weighted by Crippen LogP contribution is 2.05. The Morgan fingerprint density at radius 3 is 3.10 bits per heavy atom. The summed E-state index contributed by atoms with van der Waals surface area (Å²) in [6.07, 6.45) is 2.23. The Hall–Kier alpha value is -0.280. The fourth-order valence-electron chi connectivity index (χ4n) is 1.07. The minimum absolute atomic E-state index is 0.322. The third-order valence-electron chi connectivity index (χ3n) is 1.56. The lowest BCUT2D eigenvalue weighted by Crippen LogP contribution is -2.27. The Morgan fingerprint density at radius 2 is 2.60 bits per heavy atom. The smallest absolute Gasteiger partial charge is 0.403 e. The van der Waals surface area contributed by atoms with Crippen LogP contribution in [-0.4, -0.2) is 24.6 Å². The maximum Gasteiger partial charge on any atom is 0.403 e. The van der Waals surface area contributed by atoms with Crippen molar-refractivity contribution in [1.29, 1.82) is 0 Å². The molecule has 0 unspecified atom stereocenters. The first kappa shape index (κ1) is 7.82. The fourth-order valence-corrected chi connectivity index (χ4v) is 1.13. The third kappa shape index (κ3) is 2.54. The minimum atomic E-state index is -0.714. The Kier molecular flexibility index (Phi) is 2.96. The van der Waals surface area contributed by atoms with Crippen molar-refractivity contribution in [3.8, 4) is 0 Å². The molecule has 0 aromatic rings. The lowest BCUT2D eigenvalue weighted by molar-refractivity contribution is 0.162. The molecular formula is C6H10ClNO2. The molecule has 1 heterocycles. The first-order valence-corrected chi connectivity index (χ1v) is 3.72. The third-order valence-corrected chi connectivity index (χ3v) is 1.67. The number of halogens is 1. The largest absolute Gasteiger partial charge is 0.452 e. The summed E-state index contributed by atoms with van der Waals surface area (Å²) in [5.74, 6) is 0. The van der Waals surface area contributed by atoms with Gasteiger partial charge in [0.2, 0.25) is 0 Å². The molecule has 0 amide bonds. The second-order valence-corrected chi connectivity index (χ2v) is 2.65. The van der Waals surface area contributed by atoms with Gasteiger partial charge in [-0.2, -0.15) is 0 Å². The van der Waals surface area contributed by atoms with Gasteiger partial charge in [-0.25, -0.2) is 4.79 Å². The number of hydrogen-bond donors (Lipinski definition) is 1. The van der Waals surface area contributed by atoms with Gasteiger partial charge in [-0.3, -0.25) is 0 Å². The lowest BCUT2D eigenvalue weighted by atomic mass is 10.2. The first-order chi connectivity index (χ1) is 4.79. The van der Waals surface area contributed by atoms with Crippen molar-refractivity contribution >= 4 is 17.0 Å². The van der Waals surface area contributed by atoms with Gasteiger partial charge in [0.05, 0.1) is 0 Å². The van der Waals surface area contributed by atoms with Crippen molar-refractivity contribution < 1.29 is 9.53 Å². The van der Waals surface area contributed by atoms with Gasteiger partial charge < -0.3 is 10.1 Å². The number of rotatable bonds is 2. The standard InChI is InChI=1S/C6H10ClNO2/c7-6(9)10-4-5-2-1-3-8-5/h5,8H,1-4H2/t5-/m1/s1.